The molecule has 1 aliphatic rings. The number of hydrogen-bond donors (Lipinski definition) is 0. The third-order valence-corrected chi connectivity index (χ3v) is 12.5. The van der Waals surface area contributed by atoms with Gasteiger partial charge in [0, 0.05) is 32.8 Å². The Morgan fingerprint density at radius 1 is 0.361 bits per heavy atom. The van der Waals surface area contributed by atoms with Gasteiger partial charge >= 0.3 is 0 Å². The number of fused-ring (bicyclic) bond motifs is 9. The molecule has 0 radical (unpaired) electrons. The second-order valence-electron chi connectivity index (χ2n) is 16.1. The Bertz CT molecular complexity index is 3530. The van der Waals surface area contributed by atoms with E-state index in [1.54, 1.807) is 0 Å². The first-order chi connectivity index (χ1) is 30.2. The molecule has 0 unspecified atom stereocenters. The highest BCUT2D eigenvalue weighted by atomic mass is 15.0. The maximum Gasteiger partial charge on any atom is 0.0979 e. The van der Waals surface area contributed by atoms with Crippen LogP contribution in [0.5, 0.6) is 0 Å². The molecule has 12 rings (SSSR count). The number of para-hydroxylation sites is 1. The van der Waals surface area contributed by atoms with E-state index in [9.17, 15) is 0 Å². The van der Waals surface area contributed by atoms with Gasteiger partial charge in [0.25, 0.3) is 0 Å². The SMILES string of the molecule is C1=CC(n2c3ccccc3c3ccc(-c4cccc(-c5ccc(-c6ccc(-c7cccc(-c8cnc9c%10ccccc%10c%10ccccc%10c9n8)c7)cc6)cc5)c4)cc32)=CCC1. The molecule has 3 nitrogen and oxygen atoms in total. The summed E-state index contributed by atoms with van der Waals surface area (Å²) in [6.07, 6.45) is 11.0. The summed E-state index contributed by atoms with van der Waals surface area (Å²) >= 11 is 0. The Morgan fingerprint density at radius 2 is 0.852 bits per heavy atom. The second-order valence-corrected chi connectivity index (χ2v) is 16.1. The average molecular weight is 778 g/mol. The first kappa shape index (κ1) is 35.1. The van der Waals surface area contributed by atoms with Gasteiger partial charge in [-0.2, -0.15) is 0 Å². The quantitative estimate of drug-likeness (QED) is 0.157. The van der Waals surface area contributed by atoms with Crippen LogP contribution in [0.1, 0.15) is 12.8 Å². The van der Waals surface area contributed by atoms with E-state index in [4.69, 9.17) is 9.97 Å². The first-order valence-corrected chi connectivity index (χ1v) is 21.1. The summed E-state index contributed by atoms with van der Waals surface area (Å²) in [4.78, 5) is 10.2. The Kier molecular flexibility index (Phi) is 8.31. The van der Waals surface area contributed by atoms with Gasteiger partial charge in [0.15, 0.2) is 0 Å². The Morgan fingerprint density at radius 3 is 1.49 bits per heavy atom. The Labute approximate surface area is 354 Å². The van der Waals surface area contributed by atoms with E-state index in [0.717, 1.165) is 57.0 Å². The van der Waals surface area contributed by atoms with Crippen molar-refractivity contribution in [3.05, 3.63) is 212 Å². The first-order valence-electron chi connectivity index (χ1n) is 21.1. The zero-order valence-corrected chi connectivity index (χ0v) is 33.5. The van der Waals surface area contributed by atoms with Crippen molar-refractivity contribution in [1.82, 2.24) is 14.5 Å². The summed E-state index contributed by atoms with van der Waals surface area (Å²) in [5, 5.41) is 7.23. The average Bonchev–Trinajstić information content (AvgIpc) is 3.68. The lowest BCUT2D eigenvalue weighted by Crippen LogP contribution is -1.97. The van der Waals surface area contributed by atoms with E-state index in [1.807, 2.05) is 6.20 Å². The van der Waals surface area contributed by atoms with E-state index in [0.29, 0.717) is 0 Å². The van der Waals surface area contributed by atoms with Gasteiger partial charge in [-0.1, -0.05) is 176 Å². The summed E-state index contributed by atoms with van der Waals surface area (Å²) < 4.78 is 2.43. The number of allylic oxidation sites excluding steroid dienone is 4. The van der Waals surface area contributed by atoms with Crippen LogP contribution >= 0.6 is 0 Å². The highest BCUT2D eigenvalue weighted by Crippen LogP contribution is 2.38. The molecule has 0 atom stereocenters. The maximum absolute atomic E-state index is 5.23. The van der Waals surface area contributed by atoms with Crippen molar-refractivity contribution in [2.45, 2.75) is 12.8 Å². The van der Waals surface area contributed by atoms with E-state index < -0.39 is 0 Å². The zero-order valence-electron chi connectivity index (χ0n) is 33.5. The van der Waals surface area contributed by atoms with Crippen LogP contribution in [0, 0.1) is 0 Å². The topological polar surface area (TPSA) is 30.7 Å². The standard InChI is InChI=1S/C58H39N3/c1-2-16-47(17-3-1)61-55-23-9-8-20-50(55)51-33-32-45(36-56(51)61)44-14-10-12-42(34-44)40-28-24-38(25-29-40)39-26-30-41(31-27-39)43-13-11-15-46(35-43)54-37-59-57-52-21-6-4-18-48(52)49-19-5-7-22-53(49)58(57)60-54/h2,4-37H,1,3H2. The number of aromatic nitrogens is 3. The minimum atomic E-state index is 0.868. The molecule has 0 fully saturated rings. The molecule has 3 heteroatoms. The molecule has 0 aliphatic heterocycles. The van der Waals surface area contributed by atoms with Gasteiger partial charge in [-0.3, -0.25) is 4.98 Å². The predicted molar refractivity (Wildman–Crippen MR) is 257 cm³/mol. The molecule has 0 amide bonds. The zero-order chi connectivity index (χ0) is 40.3. The molecule has 9 aromatic carbocycles. The van der Waals surface area contributed by atoms with Crippen LogP contribution in [-0.4, -0.2) is 14.5 Å². The number of rotatable bonds is 6. The van der Waals surface area contributed by atoms with Gasteiger partial charge < -0.3 is 4.57 Å². The van der Waals surface area contributed by atoms with Crippen LogP contribution < -0.4 is 0 Å². The lowest BCUT2D eigenvalue weighted by Gasteiger charge is -2.13. The minimum Gasteiger partial charge on any atom is -0.310 e. The summed E-state index contributed by atoms with van der Waals surface area (Å²) in [6, 6.07) is 68.1. The van der Waals surface area contributed by atoms with Gasteiger partial charge in [-0.25, -0.2) is 4.98 Å². The van der Waals surface area contributed by atoms with Gasteiger partial charge in [0.1, 0.15) is 0 Å². The van der Waals surface area contributed by atoms with Crippen LogP contribution in [-0.2, 0) is 0 Å². The minimum absolute atomic E-state index is 0.868. The fourth-order valence-corrected chi connectivity index (χ4v) is 9.40. The third kappa shape index (κ3) is 6.05. The summed E-state index contributed by atoms with van der Waals surface area (Å²) in [7, 11) is 0. The van der Waals surface area contributed by atoms with E-state index >= 15 is 0 Å². The van der Waals surface area contributed by atoms with Crippen molar-refractivity contribution in [3.8, 4) is 55.8 Å². The molecule has 2 aromatic heterocycles. The van der Waals surface area contributed by atoms with Gasteiger partial charge in [-0.15, -0.1) is 0 Å². The molecule has 0 bridgehead atoms. The Hall–Kier alpha value is -7.88. The van der Waals surface area contributed by atoms with E-state index in [1.165, 1.54) is 71.7 Å². The van der Waals surface area contributed by atoms with Crippen molar-refractivity contribution < 1.29 is 0 Å². The monoisotopic (exact) mass is 777 g/mol. The highest BCUT2D eigenvalue weighted by molar-refractivity contribution is 6.23. The molecule has 0 saturated heterocycles. The molecule has 286 valence electrons. The molecular formula is C58H39N3. The fraction of sp³-hybridized carbons (Fsp3) is 0.0345. The fourth-order valence-electron chi connectivity index (χ4n) is 9.40. The van der Waals surface area contributed by atoms with Crippen molar-refractivity contribution >= 4 is 60.1 Å². The van der Waals surface area contributed by atoms with Crippen LogP contribution in [0.3, 0.4) is 0 Å². The summed E-state index contributed by atoms with van der Waals surface area (Å²) in [6.45, 7) is 0. The Balaban J connectivity index is 0.815. The van der Waals surface area contributed by atoms with Gasteiger partial charge in [0.05, 0.1) is 34.0 Å². The molecule has 11 aromatic rings. The predicted octanol–water partition coefficient (Wildman–Crippen LogP) is 15.6. The number of hydrogen-bond acceptors (Lipinski definition) is 2. The molecule has 0 saturated carbocycles. The van der Waals surface area contributed by atoms with Crippen molar-refractivity contribution in [3.63, 3.8) is 0 Å². The molecule has 0 N–H and O–H groups in total. The van der Waals surface area contributed by atoms with Crippen LogP contribution in [0.2, 0.25) is 0 Å². The smallest absolute Gasteiger partial charge is 0.0979 e. The molecule has 0 spiro atoms. The largest absolute Gasteiger partial charge is 0.310 e. The van der Waals surface area contributed by atoms with Gasteiger partial charge in [0.2, 0.25) is 0 Å². The lowest BCUT2D eigenvalue weighted by molar-refractivity contribution is 1.02. The van der Waals surface area contributed by atoms with E-state index in [-0.39, 0.29) is 0 Å². The second kappa shape index (κ2) is 14.4. The normalized spacial score (nSPS) is 12.8. The lowest BCUT2D eigenvalue weighted by atomic mass is 9.95. The van der Waals surface area contributed by atoms with Crippen LogP contribution in [0.25, 0.3) is 116 Å². The van der Waals surface area contributed by atoms with Crippen molar-refractivity contribution in [2.24, 2.45) is 0 Å². The molecule has 2 heterocycles. The highest BCUT2D eigenvalue weighted by Gasteiger charge is 2.16. The van der Waals surface area contributed by atoms with Crippen molar-refractivity contribution in [1.29, 1.82) is 0 Å². The van der Waals surface area contributed by atoms with Crippen LogP contribution in [0.15, 0.2) is 212 Å². The van der Waals surface area contributed by atoms with Crippen LogP contribution in [0.4, 0.5) is 0 Å². The molecular weight excluding hydrogens is 739 g/mol. The summed E-state index contributed by atoms with van der Waals surface area (Å²) in [5.41, 5.74) is 17.0. The maximum atomic E-state index is 5.23. The number of nitrogens with zero attached hydrogens (tertiary/aromatic N) is 3. The van der Waals surface area contributed by atoms with E-state index in [2.05, 4.69) is 211 Å². The van der Waals surface area contributed by atoms with Crippen molar-refractivity contribution in [2.75, 3.05) is 0 Å². The third-order valence-electron chi connectivity index (χ3n) is 12.5. The molecule has 1 aliphatic carbocycles. The number of benzene rings is 9. The van der Waals surface area contributed by atoms with Gasteiger partial charge in [-0.05, 0) is 98.5 Å². The summed E-state index contributed by atoms with van der Waals surface area (Å²) in [5.74, 6) is 0. The molecule has 61 heavy (non-hydrogen) atoms.